The summed E-state index contributed by atoms with van der Waals surface area (Å²) in [5.74, 6) is -0.460. The van der Waals surface area contributed by atoms with Gasteiger partial charge in [-0.05, 0) is 38.3 Å². The number of imidazole rings is 1. The van der Waals surface area contributed by atoms with E-state index < -0.39 is 17.6 Å². The summed E-state index contributed by atoms with van der Waals surface area (Å²) < 4.78 is 39.6. The van der Waals surface area contributed by atoms with Crippen molar-refractivity contribution in [3.63, 3.8) is 0 Å². The standard InChI is InChI=1S/C15H18F3N3O2/c1-10-13(14(23)19-7-3-2-4-8-22)21-9-11(15(16,17)18)5-6-12(21)20-10/h5-6,9,22H,2-4,7-8H2,1H3,(H,19,23). The lowest BCUT2D eigenvalue weighted by Gasteiger charge is -2.09. The molecule has 0 aliphatic rings. The number of unbranched alkanes of at least 4 members (excludes halogenated alkanes) is 2. The van der Waals surface area contributed by atoms with Crippen LogP contribution in [0.25, 0.3) is 5.65 Å². The molecule has 0 aromatic carbocycles. The molecule has 0 saturated carbocycles. The molecule has 0 fully saturated rings. The van der Waals surface area contributed by atoms with Crippen molar-refractivity contribution >= 4 is 11.6 Å². The molecule has 0 bridgehead atoms. The zero-order chi connectivity index (χ0) is 17.0. The molecule has 0 atom stereocenters. The number of pyridine rings is 1. The Labute approximate surface area is 131 Å². The van der Waals surface area contributed by atoms with Gasteiger partial charge in [-0.25, -0.2) is 4.98 Å². The number of hydrogen-bond donors (Lipinski definition) is 2. The van der Waals surface area contributed by atoms with Gasteiger partial charge in [0.25, 0.3) is 5.91 Å². The summed E-state index contributed by atoms with van der Waals surface area (Å²) in [6.45, 7) is 2.08. The molecule has 0 spiro atoms. The summed E-state index contributed by atoms with van der Waals surface area (Å²) in [6, 6.07) is 2.19. The van der Waals surface area contributed by atoms with Crippen LogP contribution in [0.5, 0.6) is 0 Å². The Kier molecular flexibility index (Phi) is 5.25. The van der Waals surface area contributed by atoms with Crippen molar-refractivity contribution in [3.8, 4) is 0 Å². The summed E-state index contributed by atoms with van der Waals surface area (Å²) in [7, 11) is 0. The second-order valence-electron chi connectivity index (χ2n) is 5.23. The van der Waals surface area contributed by atoms with E-state index in [0.29, 0.717) is 30.7 Å². The lowest BCUT2D eigenvalue weighted by molar-refractivity contribution is -0.137. The van der Waals surface area contributed by atoms with Crippen LogP contribution in [0.15, 0.2) is 18.3 Å². The number of halogens is 3. The number of carbonyl (C=O) groups excluding carboxylic acids is 1. The number of aryl methyl sites for hydroxylation is 1. The molecule has 0 aliphatic carbocycles. The van der Waals surface area contributed by atoms with Crippen LogP contribution in [0.3, 0.4) is 0 Å². The maximum Gasteiger partial charge on any atom is 0.417 e. The summed E-state index contributed by atoms with van der Waals surface area (Å²) in [5.41, 5.74) is -0.0641. The van der Waals surface area contributed by atoms with E-state index in [1.165, 1.54) is 10.5 Å². The van der Waals surface area contributed by atoms with E-state index in [4.69, 9.17) is 5.11 Å². The normalized spacial score (nSPS) is 11.9. The zero-order valence-corrected chi connectivity index (χ0v) is 12.7. The summed E-state index contributed by atoms with van der Waals surface area (Å²) in [4.78, 5) is 16.3. The molecule has 0 saturated heterocycles. The van der Waals surface area contributed by atoms with E-state index in [0.717, 1.165) is 18.7 Å². The molecule has 2 heterocycles. The predicted molar refractivity (Wildman–Crippen MR) is 78.2 cm³/mol. The third-order valence-electron chi connectivity index (χ3n) is 3.46. The third-order valence-corrected chi connectivity index (χ3v) is 3.46. The first kappa shape index (κ1) is 17.3. The molecule has 2 N–H and O–H groups in total. The van der Waals surface area contributed by atoms with Crippen molar-refractivity contribution in [2.45, 2.75) is 32.4 Å². The van der Waals surface area contributed by atoms with Gasteiger partial charge in [-0.15, -0.1) is 0 Å². The first-order valence-corrected chi connectivity index (χ1v) is 7.29. The molecule has 2 aromatic heterocycles. The number of fused-ring (bicyclic) bond motifs is 1. The van der Waals surface area contributed by atoms with E-state index in [2.05, 4.69) is 10.3 Å². The Morgan fingerprint density at radius 3 is 2.70 bits per heavy atom. The van der Waals surface area contributed by atoms with Crippen LogP contribution in [-0.2, 0) is 6.18 Å². The molecule has 2 rings (SSSR count). The summed E-state index contributed by atoms with van der Waals surface area (Å²) in [5, 5.41) is 11.4. The fourth-order valence-electron chi connectivity index (χ4n) is 2.30. The molecule has 126 valence electrons. The van der Waals surface area contributed by atoms with Gasteiger partial charge in [0.15, 0.2) is 0 Å². The zero-order valence-electron chi connectivity index (χ0n) is 12.7. The van der Waals surface area contributed by atoms with E-state index in [1.54, 1.807) is 6.92 Å². The van der Waals surface area contributed by atoms with Crippen molar-refractivity contribution < 1.29 is 23.1 Å². The minimum absolute atomic E-state index is 0.0978. The molecule has 5 nitrogen and oxygen atoms in total. The first-order valence-electron chi connectivity index (χ1n) is 7.29. The van der Waals surface area contributed by atoms with Gasteiger partial charge in [0.1, 0.15) is 11.3 Å². The Balaban J connectivity index is 2.21. The number of nitrogens with one attached hydrogen (secondary N) is 1. The minimum atomic E-state index is -4.48. The van der Waals surface area contributed by atoms with E-state index in [9.17, 15) is 18.0 Å². The van der Waals surface area contributed by atoms with Crippen molar-refractivity contribution in [3.05, 3.63) is 35.3 Å². The molecule has 0 unspecified atom stereocenters. The smallest absolute Gasteiger partial charge is 0.396 e. The highest BCUT2D eigenvalue weighted by molar-refractivity contribution is 5.94. The monoisotopic (exact) mass is 329 g/mol. The third kappa shape index (κ3) is 4.01. The average Bonchev–Trinajstić information content (AvgIpc) is 2.80. The van der Waals surface area contributed by atoms with Gasteiger partial charge < -0.3 is 10.4 Å². The Morgan fingerprint density at radius 2 is 2.04 bits per heavy atom. The largest absolute Gasteiger partial charge is 0.417 e. The van der Waals surface area contributed by atoms with Crippen molar-refractivity contribution in [2.24, 2.45) is 0 Å². The van der Waals surface area contributed by atoms with Gasteiger partial charge >= 0.3 is 6.18 Å². The number of aliphatic hydroxyl groups is 1. The van der Waals surface area contributed by atoms with Crippen LogP contribution in [0.2, 0.25) is 0 Å². The number of alkyl halides is 3. The van der Waals surface area contributed by atoms with Gasteiger partial charge in [0.2, 0.25) is 0 Å². The quantitative estimate of drug-likeness (QED) is 0.801. The maximum atomic E-state index is 12.8. The number of rotatable bonds is 6. The van der Waals surface area contributed by atoms with Crippen LogP contribution in [0.4, 0.5) is 13.2 Å². The highest BCUT2D eigenvalue weighted by Gasteiger charge is 2.31. The van der Waals surface area contributed by atoms with Crippen LogP contribution < -0.4 is 5.32 Å². The van der Waals surface area contributed by atoms with Gasteiger partial charge in [-0.2, -0.15) is 13.2 Å². The SMILES string of the molecule is Cc1nc2ccc(C(F)(F)F)cn2c1C(=O)NCCCCCO. The van der Waals surface area contributed by atoms with Crippen molar-refractivity contribution in [1.82, 2.24) is 14.7 Å². The van der Waals surface area contributed by atoms with E-state index >= 15 is 0 Å². The highest BCUT2D eigenvalue weighted by atomic mass is 19.4. The average molecular weight is 329 g/mol. The fourth-order valence-corrected chi connectivity index (χ4v) is 2.30. The Hall–Kier alpha value is -2.09. The van der Waals surface area contributed by atoms with Crippen LogP contribution in [0.1, 0.15) is 41.0 Å². The van der Waals surface area contributed by atoms with Crippen molar-refractivity contribution in [2.75, 3.05) is 13.2 Å². The van der Waals surface area contributed by atoms with Crippen LogP contribution in [0, 0.1) is 6.92 Å². The lowest BCUT2D eigenvalue weighted by atomic mass is 10.2. The summed E-state index contributed by atoms with van der Waals surface area (Å²) >= 11 is 0. The van der Waals surface area contributed by atoms with Gasteiger partial charge in [-0.3, -0.25) is 9.20 Å². The molecule has 0 aliphatic heterocycles. The van der Waals surface area contributed by atoms with Crippen LogP contribution in [-0.4, -0.2) is 33.6 Å². The Bertz CT molecular complexity index is 695. The van der Waals surface area contributed by atoms with Crippen LogP contribution >= 0.6 is 0 Å². The molecule has 8 heteroatoms. The highest BCUT2D eigenvalue weighted by Crippen LogP contribution is 2.29. The van der Waals surface area contributed by atoms with E-state index in [-0.39, 0.29) is 12.3 Å². The molecular weight excluding hydrogens is 311 g/mol. The second kappa shape index (κ2) is 6.99. The van der Waals surface area contributed by atoms with Gasteiger partial charge in [-0.1, -0.05) is 0 Å². The molecular formula is C15H18F3N3O2. The second-order valence-corrected chi connectivity index (χ2v) is 5.23. The molecule has 2 aromatic rings. The Morgan fingerprint density at radius 1 is 1.30 bits per heavy atom. The minimum Gasteiger partial charge on any atom is -0.396 e. The number of amides is 1. The number of hydrogen-bond acceptors (Lipinski definition) is 3. The number of aromatic nitrogens is 2. The number of nitrogens with zero attached hydrogens (tertiary/aromatic N) is 2. The predicted octanol–water partition coefficient (Wildman–Crippen LogP) is 2.55. The van der Waals surface area contributed by atoms with Gasteiger partial charge in [0, 0.05) is 19.3 Å². The number of carbonyl (C=O) groups is 1. The molecule has 0 radical (unpaired) electrons. The topological polar surface area (TPSA) is 66.6 Å². The number of aliphatic hydroxyl groups excluding tert-OH is 1. The van der Waals surface area contributed by atoms with E-state index in [1.807, 2.05) is 0 Å². The fraction of sp³-hybridized carbons (Fsp3) is 0.467. The van der Waals surface area contributed by atoms with Gasteiger partial charge in [0.05, 0.1) is 11.3 Å². The maximum absolute atomic E-state index is 12.8. The lowest BCUT2D eigenvalue weighted by Crippen LogP contribution is -2.26. The first-order chi connectivity index (χ1) is 10.8. The summed E-state index contributed by atoms with van der Waals surface area (Å²) in [6.07, 6.45) is -1.49. The van der Waals surface area contributed by atoms with Crippen molar-refractivity contribution in [1.29, 1.82) is 0 Å². The molecule has 23 heavy (non-hydrogen) atoms. The molecule has 1 amide bonds.